The standard InChI is InChI=1S/C13H6Cl2F3NO/c14-10-3-1-7(12(15)20)5-9(10)8-2-4-11(19-6-8)13(16,17)18/h1-6H. The second-order valence-electron chi connectivity index (χ2n) is 3.90. The number of hydrogen-bond donors (Lipinski definition) is 0. The van der Waals surface area contributed by atoms with Gasteiger partial charge in [0.15, 0.2) is 0 Å². The van der Waals surface area contributed by atoms with Crippen molar-refractivity contribution in [3.8, 4) is 11.1 Å². The number of carbonyl (C=O) groups excluding carboxylic acids is 1. The lowest BCUT2D eigenvalue weighted by atomic mass is 10.0. The molecule has 0 saturated heterocycles. The first-order valence-corrected chi connectivity index (χ1v) is 6.07. The van der Waals surface area contributed by atoms with E-state index in [1.54, 1.807) is 0 Å². The minimum Gasteiger partial charge on any atom is -0.276 e. The van der Waals surface area contributed by atoms with Crippen LogP contribution in [0.1, 0.15) is 16.1 Å². The van der Waals surface area contributed by atoms with Crippen molar-refractivity contribution >= 4 is 28.4 Å². The van der Waals surface area contributed by atoms with Crippen LogP contribution in [-0.4, -0.2) is 10.2 Å². The Hall–Kier alpha value is -1.59. The van der Waals surface area contributed by atoms with E-state index < -0.39 is 17.1 Å². The van der Waals surface area contributed by atoms with Gasteiger partial charge in [-0.25, -0.2) is 0 Å². The second kappa shape index (κ2) is 5.42. The van der Waals surface area contributed by atoms with Gasteiger partial charge < -0.3 is 0 Å². The fourth-order valence-electron chi connectivity index (χ4n) is 1.59. The minimum atomic E-state index is -4.50. The first-order valence-electron chi connectivity index (χ1n) is 5.32. The number of rotatable bonds is 2. The van der Waals surface area contributed by atoms with Gasteiger partial charge in [0.05, 0.1) is 0 Å². The van der Waals surface area contributed by atoms with Crippen LogP contribution in [0.15, 0.2) is 36.5 Å². The summed E-state index contributed by atoms with van der Waals surface area (Å²) in [5.74, 6) is 0. The Balaban J connectivity index is 2.46. The van der Waals surface area contributed by atoms with Gasteiger partial charge in [-0.1, -0.05) is 17.7 Å². The molecule has 20 heavy (non-hydrogen) atoms. The first-order chi connectivity index (χ1) is 9.29. The topological polar surface area (TPSA) is 30.0 Å². The molecule has 2 aromatic rings. The van der Waals surface area contributed by atoms with Crippen LogP contribution in [0.3, 0.4) is 0 Å². The second-order valence-corrected chi connectivity index (χ2v) is 4.65. The predicted octanol–water partition coefficient (Wildman–Crippen LogP) is 4.80. The van der Waals surface area contributed by atoms with Crippen LogP contribution in [0.2, 0.25) is 5.02 Å². The summed E-state index contributed by atoms with van der Waals surface area (Å²) in [6, 6.07) is 6.37. The molecule has 104 valence electrons. The molecule has 0 atom stereocenters. The normalized spacial score (nSPS) is 11.4. The highest BCUT2D eigenvalue weighted by molar-refractivity contribution is 6.67. The van der Waals surface area contributed by atoms with Gasteiger partial charge in [0, 0.05) is 27.9 Å². The maximum absolute atomic E-state index is 12.4. The van der Waals surface area contributed by atoms with Crippen LogP contribution in [-0.2, 0) is 6.18 Å². The highest BCUT2D eigenvalue weighted by Gasteiger charge is 2.32. The van der Waals surface area contributed by atoms with E-state index in [4.69, 9.17) is 23.2 Å². The Morgan fingerprint density at radius 1 is 1.15 bits per heavy atom. The van der Waals surface area contributed by atoms with E-state index in [2.05, 4.69) is 4.98 Å². The van der Waals surface area contributed by atoms with Crippen molar-refractivity contribution < 1.29 is 18.0 Å². The van der Waals surface area contributed by atoms with Crippen LogP contribution in [0.25, 0.3) is 11.1 Å². The van der Waals surface area contributed by atoms with Crippen LogP contribution in [0.4, 0.5) is 13.2 Å². The number of pyridine rings is 1. The van der Waals surface area contributed by atoms with Crippen LogP contribution in [0, 0.1) is 0 Å². The Morgan fingerprint density at radius 2 is 1.85 bits per heavy atom. The molecule has 1 aromatic heterocycles. The molecule has 0 aliphatic heterocycles. The van der Waals surface area contributed by atoms with Crippen molar-refractivity contribution in [2.45, 2.75) is 6.18 Å². The van der Waals surface area contributed by atoms with Gasteiger partial charge in [-0.15, -0.1) is 0 Å². The summed E-state index contributed by atoms with van der Waals surface area (Å²) in [5, 5.41) is -0.393. The van der Waals surface area contributed by atoms with Gasteiger partial charge in [-0.05, 0) is 35.9 Å². The zero-order valence-electron chi connectivity index (χ0n) is 9.71. The molecule has 2 nitrogen and oxygen atoms in total. The van der Waals surface area contributed by atoms with Crippen LogP contribution >= 0.6 is 23.2 Å². The predicted molar refractivity (Wildman–Crippen MR) is 69.9 cm³/mol. The summed E-state index contributed by atoms with van der Waals surface area (Å²) >= 11 is 11.3. The summed E-state index contributed by atoms with van der Waals surface area (Å²) in [6.07, 6.45) is -3.46. The number of nitrogens with zero attached hydrogens (tertiary/aromatic N) is 1. The molecular formula is C13H6Cl2F3NO. The van der Waals surface area contributed by atoms with E-state index in [9.17, 15) is 18.0 Å². The monoisotopic (exact) mass is 319 g/mol. The van der Waals surface area contributed by atoms with Crippen molar-refractivity contribution in [3.05, 3.63) is 52.8 Å². The van der Waals surface area contributed by atoms with Gasteiger partial charge in [0.1, 0.15) is 5.69 Å². The molecule has 0 N–H and O–H groups in total. The van der Waals surface area contributed by atoms with E-state index >= 15 is 0 Å². The van der Waals surface area contributed by atoms with Crippen LogP contribution in [0.5, 0.6) is 0 Å². The average molecular weight is 320 g/mol. The number of carbonyl (C=O) groups is 1. The lowest BCUT2D eigenvalue weighted by Gasteiger charge is -2.08. The molecule has 0 radical (unpaired) electrons. The van der Waals surface area contributed by atoms with Crippen molar-refractivity contribution in [3.63, 3.8) is 0 Å². The summed E-state index contributed by atoms with van der Waals surface area (Å²) < 4.78 is 37.3. The fourth-order valence-corrected chi connectivity index (χ4v) is 1.93. The quantitative estimate of drug-likeness (QED) is 0.744. The summed E-state index contributed by atoms with van der Waals surface area (Å²) in [7, 11) is 0. The molecule has 0 unspecified atom stereocenters. The number of aromatic nitrogens is 1. The highest BCUT2D eigenvalue weighted by Crippen LogP contribution is 2.32. The molecule has 0 aliphatic carbocycles. The number of halogens is 5. The smallest absolute Gasteiger partial charge is 0.276 e. The lowest BCUT2D eigenvalue weighted by Crippen LogP contribution is -2.07. The largest absolute Gasteiger partial charge is 0.433 e. The Bertz CT molecular complexity index is 654. The molecule has 2 rings (SSSR count). The van der Waals surface area contributed by atoms with E-state index in [0.717, 1.165) is 12.3 Å². The van der Waals surface area contributed by atoms with Gasteiger partial charge in [-0.3, -0.25) is 9.78 Å². The Kier molecular flexibility index (Phi) is 4.01. The molecule has 0 amide bonds. The molecule has 1 heterocycles. The zero-order valence-corrected chi connectivity index (χ0v) is 11.2. The minimum absolute atomic E-state index is 0.200. The van der Waals surface area contributed by atoms with E-state index in [0.29, 0.717) is 11.1 Å². The van der Waals surface area contributed by atoms with Gasteiger partial charge in [-0.2, -0.15) is 13.2 Å². The van der Waals surface area contributed by atoms with Crippen LogP contribution < -0.4 is 0 Å². The van der Waals surface area contributed by atoms with Gasteiger partial charge in [0.2, 0.25) is 0 Å². The third-order valence-corrected chi connectivity index (χ3v) is 3.11. The molecular weight excluding hydrogens is 314 g/mol. The van der Waals surface area contributed by atoms with E-state index in [-0.39, 0.29) is 10.6 Å². The third-order valence-electron chi connectivity index (χ3n) is 2.56. The molecule has 0 spiro atoms. The Labute approximate surface area is 122 Å². The number of hydrogen-bond acceptors (Lipinski definition) is 2. The van der Waals surface area contributed by atoms with E-state index in [1.807, 2.05) is 0 Å². The van der Waals surface area contributed by atoms with E-state index in [1.165, 1.54) is 24.3 Å². The summed E-state index contributed by atoms with van der Waals surface area (Å²) in [4.78, 5) is 14.4. The zero-order chi connectivity index (χ0) is 14.9. The van der Waals surface area contributed by atoms with Gasteiger partial charge in [0.25, 0.3) is 5.24 Å². The van der Waals surface area contributed by atoms with Crippen molar-refractivity contribution in [1.82, 2.24) is 4.98 Å². The molecule has 0 fully saturated rings. The molecule has 0 saturated carbocycles. The Morgan fingerprint density at radius 3 is 2.35 bits per heavy atom. The third kappa shape index (κ3) is 3.11. The van der Waals surface area contributed by atoms with Crippen molar-refractivity contribution in [2.24, 2.45) is 0 Å². The molecule has 0 bridgehead atoms. The maximum Gasteiger partial charge on any atom is 0.433 e. The first kappa shape index (κ1) is 14.8. The fraction of sp³-hybridized carbons (Fsp3) is 0.0769. The molecule has 0 aliphatic rings. The summed E-state index contributed by atoms with van der Waals surface area (Å²) in [6.45, 7) is 0. The van der Waals surface area contributed by atoms with Gasteiger partial charge >= 0.3 is 6.18 Å². The molecule has 7 heteroatoms. The van der Waals surface area contributed by atoms with Crippen molar-refractivity contribution in [1.29, 1.82) is 0 Å². The van der Waals surface area contributed by atoms with Crippen molar-refractivity contribution in [2.75, 3.05) is 0 Å². The average Bonchev–Trinajstić information content (AvgIpc) is 2.38. The molecule has 1 aromatic carbocycles. The SMILES string of the molecule is O=C(Cl)c1ccc(Cl)c(-c2ccc(C(F)(F)F)nc2)c1. The maximum atomic E-state index is 12.4. The highest BCUT2D eigenvalue weighted by atomic mass is 35.5. The summed E-state index contributed by atoms with van der Waals surface area (Å²) in [5.41, 5.74) is -0.0462. The lowest BCUT2D eigenvalue weighted by molar-refractivity contribution is -0.141. The number of alkyl halides is 3. The number of benzene rings is 1.